The maximum absolute atomic E-state index is 10.9. The smallest absolute Gasteiger partial charge is 0.305 e. The second kappa shape index (κ2) is 9.56. The average Bonchev–Trinajstić information content (AvgIpc) is 2.45. The van der Waals surface area contributed by atoms with E-state index in [9.17, 15) is 4.79 Å². The molecule has 1 aromatic carbocycles. The first-order valence-electron chi connectivity index (χ1n) is 7.06. The zero-order valence-corrected chi connectivity index (χ0v) is 12.0. The highest BCUT2D eigenvalue weighted by atomic mass is 16.5. The van der Waals surface area contributed by atoms with Gasteiger partial charge < -0.3 is 10.1 Å². The number of ether oxygens (including phenoxy) is 1. The Morgan fingerprint density at radius 2 is 2.00 bits per heavy atom. The van der Waals surface area contributed by atoms with Crippen LogP contribution in [0, 0.1) is 0 Å². The Bertz CT molecular complexity index is 351. The first-order valence-corrected chi connectivity index (χ1v) is 7.06. The van der Waals surface area contributed by atoms with E-state index in [1.54, 1.807) is 0 Å². The molecule has 0 aliphatic rings. The number of esters is 1. The van der Waals surface area contributed by atoms with Crippen LogP contribution < -0.4 is 5.32 Å². The minimum Gasteiger partial charge on any atom is -0.469 e. The van der Waals surface area contributed by atoms with Crippen molar-refractivity contribution in [1.82, 2.24) is 5.32 Å². The van der Waals surface area contributed by atoms with Gasteiger partial charge in [-0.1, -0.05) is 30.3 Å². The Labute approximate surface area is 116 Å². The summed E-state index contributed by atoms with van der Waals surface area (Å²) in [4.78, 5) is 10.9. The molecule has 0 radical (unpaired) electrons. The number of hydrogen-bond acceptors (Lipinski definition) is 3. The Morgan fingerprint density at radius 3 is 2.68 bits per heavy atom. The van der Waals surface area contributed by atoms with Crippen molar-refractivity contribution in [1.29, 1.82) is 0 Å². The summed E-state index contributed by atoms with van der Waals surface area (Å²) >= 11 is 0. The van der Waals surface area contributed by atoms with Gasteiger partial charge in [0.1, 0.15) is 0 Å². The maximum atomic E-state index is 10.9. The van der Waals surface area contributed by atoms with Gasteiger partial charge in [-0.2, -0.15) is 0 Å². The van der Waals surface area contributed by atoms with E-state index in [1.807, 2.05) is 6.07 Å². The number of nitrogens with one attached hydrogen (secondary N) is 1. The van der Waals surface area contributed by atoms with E-state index in [-0.39, 0.29) is 5.97 Å². The summed E-state index contributed by atoms with van der Waals surface area (Å²) in [6.45, 7) is 3.18. The molecule has 0 bridgehead atoms. The Kier molecular flexibility index (Phi) is 7.91. The molecule has 0 aliphatic heterocycles. The van der Waals surface area contributed by atoms with Crippen molar-refractivity contribution >= 4 is 5.97 Å². The fourth-order valence-corrected chi connectivity index (χ4v) is 1.97. The number of rotatable bonds is 9. The molecule has 19 heavy (non-hydrogen) atoms. The van der Waals surface area contributed by atoms with Gasteiger partial charge in [0, 0.05) is 12.5 Å². The van der Waals surface area contributed by atoms with Crippen molar-refractivity contribution in [2.45, 2.75) is 45.1 Å². The largest absolute Gasteiger partial charge is 0.469 e. The van der Waals surface area contributed by atoms with E-state index >= 15 is 0 Å². The zero-order valence-electron chi connectivity index (χ0n) is 12.0. The molecule has 0 spiro atoms. The number of hydrogen-bond donors (Lipinski definition) is 1. The van der Waals surface area contributed by atoms with Crippen molar-refractivity contribution in [3.8, 4) is 0 Å². The van der Waals surface area contributed by atoms with E-state index in [4.69, 9.17) is 0 Å². The third-order valence-electron chi connectivity index (χ3n) is 3.24. The molecule has 1 rings (SSSR count). The van der Waals surface area contributed by atoms with Crippen molar-refractivity contribution in [2.75, 3.05) is 13.7 Å². The van der Waals surface area contributed by atoms with Crippen LogP contribution in [-0.2, 0) is 16.0 Å². The van der Waals surface area contributed by atoms with Gasteiger partial charge >= 0.3 is 5.97 Å². The van der Waals surface area contributed by atoms with Gasteiger partial charge in [0.25, 0.3) is 0 Å². The molecular weight excluding hydrogens is 238 g/mol. The summed E-state index contributed by atoms with van der Waals surface area (Å²) in [5, 5.41) is 3.49. The van der Waals surface area contributed by atoms with Crippen LogP contribution in [0.2, 0.25) is 0 Å². The highest BCUT2D eigenvalue weighted by Gasteiger charge is 2.03. The van der Waals surface area contributed by atoms with Crippen LogP contribution in [0.15, 0.2) is 30.3 Å². The van der Waals surface area contributed by atoms with Crippen molar-refractivity contribution in [3.63, 3.8) is 0 Å². The zero-order chi connectivity index (χ0) is 13.9. The minimum atomic E-state index is -0.114. The van der Waals surface area contributed by atoms with E-state index in [2.05, 4.69) is 41.2 Å². The standard InChI is InChI=1S/C16H25NO2/c1-14(11-12-15-8-4-3-5-9-15)17-13-7-6-10-16(18)19-2/h3-5,8-9,14,17H,6-7,10-13H2,1-2H3. The molecule has 0 amide bonds. The highest BCUT2D eigenvalue weighted by molar-refractivity contribution is 5.68. The first-order chi connectivity index (χ1) is 9.22. The molecule has 1 aromatic rings. The lowest BCUT2D eigenvalue weighted by atomic mass is 10.1. The number of methoxy groups -OCH3 is 1. The average molecular weight is 263 g/mol. The van der Waals surface area contributed by atoms with Gasteiger partial charge in [-0.25, -0.2) is 0 Å². The molecule has 3 heteroatoms. The third kappa shape index (κ3) is 7.62. The molecule has 1 N–H and O–H groups in total. The molecule has 0 heterocycles. The van der Waals surface area contributed by atoms with Crippen molar-refractivity contribution in [2.24, 2.45) is 0 Å². The van der Waals surface area contributed by atoms with Crippen molar-refractivity contribution < 1.29 is 9.53 Å². The lowest BCUT2D eigenvalue weighted by Gasteiger charge is -2.13. The Hall–Kier alpha value is -1.35. The lowest BCUT2D eigenvalue weighted by molar-refractivity contribution is -0.140. The predicted molar refractivity (Wildman–Crippen MR) is 78.1 cm³/mol. The topological polar surface area (TPSA) is 38.3 Å². The fourth-order valence-electron chi connectivity index (χ4n) is 1.97. The normalized spacial score (nSPS) is 12.1. The summed E-state index contributed by atoms with van der Waals surface area (Å²) in [6, 6.07) is 11.1. The molecular formula is C16H25NO2. The molecule has 0 fully saturated rings. The molecule has 0 saturated carbocycles. The molecule has 106 valence electrons. The molecule has 3 nitrogen and oxygen atoms in total. The first kappa shape index (κ1) is 15.7. The Balaban J connectivity index is 2.02. The van der Waals surface area contributed by atoms with Gasteiger partial charge in [-0.05, 0) is 44.7 Å². The summed E-state index contributed by atoms with van der Waals surface area (Å²) in [7, 11) is 1.44. The molecule has 0 aliphatic carbocycles. The Morgan fingerprint density at radius 1 is 1.26 bits per heavy atom. The van der Waals surface area contributed by atoms with Crippen LogP contribution in [0.1, 0.15) is 38.2 Å². The van der Waals surface area contributed by atoms with Crippen LogP contribution in [0.4, 0.5) is 0 Å². The number of aryl methyl sites for hydroxylation is 1. The molecule has 1 unspecified atom stereocenters. The van der Waals surface area contributed by atoms with E-state index < -0.39 is 0 Å². The second-order valence-electron chi connectivity index (χ2n) is 4.91. The predicted octanol–water partition coefficient (Wildman–Crippen LogP) is 2.94. The summed E-state index contributed by atoms with van der Waals surface area (Å²) in [5.41, 5.74) is 1.39. The van der Waals surface area contributed by atoms with Gasteiger partial charge in [-0.15, -0.1) is 0 Å². The molecule has 1 atom stereocenters. The van der Waals surface area contributed by atoms with E-state index in [0.29, 0.717) is 12.5 Å². The molecule has 0 saturated heterocycles. The van der Waals surface area contributed by atoms with Crippen LogP contribution in [-0.4, -0.2) is 25.7 Å². The van der Waals surface area contributed by atoms with Crippen LogP contribution in [0.5, 0.6) is 0 Å². The minimum absolute atomic E-state index is 0.114. The monoisotopic (exact) mass is 263 g/mol. The lowest BCUT2D eigenvalue weighted by Crippen LogP contribution is -2.27. The number of carbonyl (C=O) groups is 1. The second-order valence-corrected chi connectivity index (χ2v) is 4.91. The van der Waals surface area contributed by atoms with Gasteiger partial charge in [0.2, 0.25) is 0 Å². The third-order valence-corrected chi connectivity index (χ3v) is 3.24. The summed E-state index contributed by atoms with van der Waals surface area (Å²) in [6.07, 6.45) is 4.69. The van der Waals surface area contributed by atoms with Gasteiger partial charge in [0.05, 0.1) is 7.11 Å². The molecule has 0 aromatic heterocycles. The van der Waals surface area contributed by atoms with E-state index in [1.165, 1.54) is 12.7 Å². The SMILES string of the molecule is COC(=O)CCCCNC(C)CCc1ccccc1. The van der Waals surface area contributed by atoms with Crippen LogP contribution in [0.3, 0.4) is 0 Å². The highest BCUT2D eigenvalue weighted by Crippen LogP contribution is 2.05. The van der Waals surface area contributed by atoms with Crippen molar-refractivity contribution in [3.05, 3.63) is 35.9 Å². The maximum Gasteiger partial charge on any atom is 0.305 e. The summed E-state index contributed by atoms with van der Waals surface area (Å²) < 4.78 is 4.61. The van der Waals surface area contributed by atoms with Gasteiger partial charge in [-0.3, -0.25) is 4.79 Å². The number of unbranched alkanes of at least 4 members (excludes halogenated alkanes) is 1. The summed E-state index contributed by atoms with van der Waals surface area (Å²) in [5.74, 6) is -0.114. The quantitative estimate of drug-likeness (QED) is 0.550. The van der Waals surface area contributed by atoms with Crippen LogP contribution >= 0.6 is 0 Å². The van der Waals surface area contributed by atoms with Gasteiger partial charge in [0.15, 0.2) is 0 Å². The number of benzene rings is 1. The number of carbonyl (C=O) groups excluding carboxylic acids is 1. The van der Waals surface area contributed by atoms with Crippen LogP contribution in [0.25, 0.3) is 0 Å². The fraction of sp³-hybridized carbons (Fsp3) is 0.562. The van der Waals surface area contributed by atoms with E-state index in [0.717, 1.165) is 32.2 Å².